The molecule has 1 heterocycles. The van der Waals surface area contributed by atoms with Crippen LogP contribution < -0.4 is 15.6 Å². The molecule has 2 amide bonds. The quantitative estimate of drug-likeness (QED) is 0.845. The predicted molar refractivity (Wildman–Crippen MR) is 89.5 cm³/mol. The van der Waals surface area contributed by atoms with Crippen molar-refractivity contribution in [1.29, 1.82) is 0 Å². The van der Waals surface area contributed by atoms with Crippen LogP contribution in [0.5, 0.6) is 5.75 Å². The van der Waals surface area contributed by atoms with Crippen LogP contribution in [0.3, 0.4) is 0 Å². The number of furan rings is 1. The Morgan fingerprint density at radius 3 is 2.29 bits per heavy atom. The van der Waals surface area contributed by atoms with E-state index in [0.717, 1.165) is 0 Å². The van der Waals surface area contributed by atoms with E-state index >= 15 is 0 Å². The summed E-state index contributed by atoms with van der Waals surface area (Å²) in [5, 5.41) is 0. The van der Waals surface area contributed by atoms with Crippen molar-refractivity contribution in [3.8, 4) is 5.75 Å². The van der Waals surface area contributed by atoms with Gasteiger partial charge >= 0.3 is 5.91 Å². The molecule has 0 aliphatic rings. The lowest BCUT2D eigenvalue weighted by Crippen LogP contribution is -2.47. The summed E-state index contributed by atoms with van der Waals surface area (Å²) in [5.41, 5.74) is 5.80. The summed E-state index contributed by atoms with van der Waals surface area (Å²) in [7, 11) is 0. The first kappa shape index (κ1) is 17.6. The van der Waals surface area contributed by atoms with Crippen molar-refractivity contribution >= 4 is 11.8 Å². The minimum atomic E-state index is -0.762. The highest BCUT2D eigenvalue weighted by Crippen LogP contribution is 2.24. The van der Waals surface area contributed by atoms with Gasteiger partial charge in [-0.2, -0.15) is 0 Å². The minimum absolute atomic E-state index is 0.0532. The van der Waals surface area contributed by atoms with Crippen LogP contribution in [0.4, 0.5) is 0 Å². The van der Waals surface area contributed by atoms with E-state index in [1.54, 1.807) is 13.0 Å². The van der Waals surface area contributed by atoms with Gasteiger partial charge in [0.2, 0.25) is 0 Å². The summed E-state index contributed by atoms with van der Waals surface area (Å²) in [5.74, 6) is -0.297. The zero-order valence-corrected chi connectivity index (χ0v) is 14.3. The van der Waals surface area contributed by atoms with E-state index in [-0.39, 0.29) is 11.2 Å². The summed E-state index contributed by atoms with van der Waals surface area (Å²) < 4.78 is 10.5. The van der Waals surface area contributed by atoms with Gasteiger partial charge in [-0.15, -0.1) is 0 Å². The Hall–Kier alpha value is -2.76. The maximum absolute atomic E-state index is 12.0. The van der Waals surface area contributed by atoms with Crippen LogP contribution in [-0.4, -0.2) is 17.9 Å². The van der Waals surface area contributed by atoms with Gasteiger partial charge in [0.15, 0.2) is 11.9 Å². The predicted octanol–water partition coefficient (Wildman–Crippen LogP) is 2.81. The summed E-state index contributed by atoms with van der Waals surface area (Å²) >= 11 is 0. The van der Waals surface area contributed by atoms with Gasteiger partial charge in [0.1, 0.15) is 5.75 Å². The molecule has 6 nitrogen and oxygen atoms in total. The highest BCUT2D eigenvalue weighted by molar-refractivity contribution is 5.93. The first-order valence-electron chi connectivity index (χ1n) is 7.68. The van der Waals surface area contributed by atoms with Crippen molar-refractivity contribution in [2.45, 2.75) is 39.2 Å². The van der Waals surface area contributed by atoms with Crippen molar-refractivity contribution in [1.82, 2.24) is 10.9 Å². The van der Waals surface area contributed by atoms with Gasteiger partial charge in [0, 0.05) is 0 Å². The molecule has 2 rings (SSSR count). The highest BCUT2D eigenvalue weighted by Gasteiger charge is 2.18. The number of carbonyl (C=O) groups is 2. The van der Waals surface area contributed by atoms with Crippen LogP contribution in [0.1, 0.15) is 43.8 Å². The number of amides is 2. The molecule has 0 aliphatic carbocycles. The topological polar surface area (TPSA) is 80.6 Å². The molecule has 0 saturated carbocycles. The second-order valence-electron chi connectivity index (χ2n) is 6.46. The fourth-order valence-electron chi connectivity index (χ4n) is 1.98. The molecule has 0 fully saturated rings. The molecule has 1 aromatic carbocycles. The summed E-state index contributed by atoms with van der Waals surface area (Å²) in [4.78, 5) is 23.6. The third kappa shape index (κ3) is 4.62. The van der Waals surface area contributed by atoms with Crippen molar-refractivity contribution in [2.24, 2.45) is 0 Å². The monoisotopic (exact) mass is 330 g/mol. The third-order valence-corrected chi connectivity index (χ3v) is 3.45. The van der Waals surface area contributed by atoms with Gasteiger partial charge in [0.25, 0.3) is 5.91 Å². The fraction of sp³-hybridized carbons (Fsp3) is 0.333. The van der Waals surface area contributed by atoms with Gasteiger partial charge in [-0.25, -0.2) is 0 Å². The molecule has 2 aromatic rings. The second-order valence-corrected chi connectivity index (χ2v) is 6.46. The van der Waals surface area contributed by atoms with Crippen LogP contribution in [0.25, 0.3) is 0 Å². The van der Waals surface area contributed by atoms with E-state index in [4.69, 9.17) is 9.15 Å². The Bertz CT molecular complexity index is 685. The summed E-state index contributed by atoms with van der Waals surface area (Å²) in [6.07, 6.45) is 0.617. The lowest BCUT2D eigenvalue weighted by molar-refractivity contribution is -0.128. The minimum Gasteiger partial charge on any atom is -0.481 e. The third-order valence-electron chi connectivity index (χ3n) is 3.45. The maximum Gasteiger partial charge on any atom is 0.305 e. The molecule has 0 bridgehead atoms. The lowest BCUT2D eigenvalue weighted by atomic mass is 9.87. The molecule has 6 heteroatoms. The SMILES string of the molecule is C[C@@H](Oc1ccc(C(C)(C)C)cc1)C(=O)NNC(=O)c1ccco1. The van der Waals surface area contributed by atoms with Crippen LogP contribution >= 0.6 is 0 Å². The first-order valence-corrected chi connectivity index (χ1v) is 7.68. The molecule has 2 N–H and O–H groups in total. The van der Waals surface area contributed by atoms with E-state index in [0.29, 0.717) is 5.75 Å². The molecule has 0 radical (unpaired) electrons. The standard InChI is InChI=1S/C18H22N2O4/c1-12(16(21)19-20-17(22)15-6-5-11-23-15)24-14-9-7-13(8-10-14)18(2,3)4/h5-12H,1-4H3,(H,19,21)(H,20,22)/t12-/m1/s1. The molecule has 0 saturated heterocycles. The molecule has 24 heavy (non-hydrogen) atoms. The van der Waals surface area contributed by atoms with Gasteiger partial charge in [0.05, 0.1) is 6.26 Å². The second kappa shape index (κ2) is 7.21. The number of nitrogens with one attached hydrogen (secondary N) is 2. The maximum atomic E-state index is 12.0. The number of carbonyl (C=O) groups excluding carboxylic acids is 2. The molecule has 0 aliphatic heterocycles. The molecule has 128 valence electrons. The average Bonchev–Trinajstić information content (AvgIpc) is 3.06. The van der Waals surface area contributed by atoms with Crippen molar-refractivity contribution < 1.29 is 18.7 Å². The average molecular weight is 330 g/mol. The van der Waals surface area contributed by atoms with Crippen LogP contribution in [0, 0.1) is 0 Å². The number of ether oxygens (including phenoxy) is 1. The van der Waals surface area contributed by atoms with Crippen LogP contribution in [0.15, 0.2) is 47.1 Å². The van der Waals surface area contributed by atoms with Crippen LogP contribution in [-0.2, 0) is 10.2 Å². The van der Waals surface area contributed by atoms with Gasteiger partial charge in [-0.3, -0.25) is 20.4 Å². The zero-order chi connectivity index (χ0) is 17.7. The largest absolute Gasteiger partial charge is 0.481 e. The zero-order valence-electron chi connectivity index (χ0n) is 14.3. The fourth-order valence-corrected chi connectivity index (χ4v) is 1.98. The number of hydrazine groups is 1. The normalized spacial score (nSPS) is 12.3. The number of rotatable bonds is 4. The smallest absolute Gasteiger partial charge is 0.305 e. The van der Waals surface area contributed by atoms with Gasteiger partial charge < -0.3 is 9.15 Å². The van der Waals surface area contributed by atoms with Crippen molar-refractivity contribution in [2.75, 3.05) is 0 Å². The molecular weight excluding hydrogens is 308 g/mol. The van der Waals surface area contributed by atoms with Gasteiger partial charge in [-0.1, -0.05) is 32.9 Å². The van der Waals surface area contributed by atoms with E-state index < -0.39 is 17.9 Å². The van der Waals surface area contributed by atoms with E-state index in [1.165, 1.54) is 17.9 Å². The summed E-state index contributed by atoms with van der Waals surface area (Å²) in [6, 6.07) is 10.7. The van der Waals surface area contributed by atoms with E-state index in [9.17, 15) is 9.59 Å². The van der Waals surface area contributed by atoms with Crippen molar-refractivity contribution in [3.63, 3.8) is 0 Å². The van der Waals surface area contributed by atoms with Gasteiger partial charge in [-0.05, 0) is 42.2 Å². The highest BCUT2D eigenvalue weighted by atomic mass is 16.5. The molecule has 1 atom stereocenters. The molecule has 0 spiro atoms. The number of hydrogen-bond donors (Lipinski definition) is 2. The number of benzene rings is 1. The first-order chi connectivity index (χ1) is 11.3. The van der Waals surface area contributed by atoms with Crippen LogP contribution in [0.2, 0.25) is 0 Å². The Labute approximate surface area is 141 Å². The molecule has 1 aromatic heterocycles. The van der Waals surface area contributed by atoms with Crippen molar-refractivity contribution in [3.05, 3.63) is 54.0 Å². The molecular formula is C18H22N2O4. The van der Waals surface area contributed by atoms with E-state index in [2.05, 4.69) is 31.6 Å². The number of hydrogen-bond acceptors (Lipinski definition) is 4. The Balaban J connectivity index is 1.86. The Kier molecular flexibility index (Phi) is 5.28. The van der Waals surface area contributed by atoms with E-state index in [1.807, 2.05) is 24.3 Å². The summed E-state index contributed by atoms with van der Waals surface area (Å²) in [6.45, 7) is 7.98. The lowest BCUT2D eigenvalue weighted by Gasteiger charge is -2.20. The Morgan fingerprint density at radius 1 is 1.08 bits per heavy atom. The molecule has 0 unspecified atom stereocenters. The Morgan fingerprint density at radius 2 is 1.75 bits per heavy atom.